The zero-order valence-corrected chi connectivity index (χ0v) is 14.1. The molecule has 118 valence electrons. The van der Waals surface area contributed by atoms with Crippen LogP contribution in [0.2, 0.25) is 4.34 Å². The normalized spacial score (nSPS) is 10.6. The van der Waals surface area contributed by atoms with Crippen LogP contribution in [-0.2, 0) is 17.8 Å². The van der Waals surface area contributed by atoms with E-state index in [1.807, 2.05) is 47.4 Å². The summed E-state index contributed by atoms with van der Waals surface area (Å²) in [7, 11) is 0. The first-order chi connectivity index (χ1) is 10.7. The van der Waals surface area contributed by atoms with Gasteiger partial charge in [-0.2, -0.15) is 0 Å². The topological polar surface area (TPSA) is 46.3 Å². The second-order valence-corrected chi connectivity index (χ2v) is 6.95. The van der Waals surface area contributed by atoms with Crippen molar-refractivity contribution in [2.24, 2.45) is 5.73 Å². The number of hydrogen-bond acceptors (Lipinski definition) is 3. The smallest absolute Gasteiger partial charge is 0.223 e. The van der Waals surface area contributed by atoms with Crippen LogP contribution >= 0.6 is 22.9 Å². The van der Waals surface area contributed by atoms with E-state index in [9.17, 15) is 4.79 Å². The van der Waals surface area contributed by atoms with Gasteiger partial charge in [0.2, 0.25) is 5.91 Å². The molecule has 1 aromatic carbocycles. The van der Waals surface area contributed by atoms with Crippen molar-refractivity contribution < 1.29 is 4.79 Å². The van der Waals surface area contributed by atoms with Crippen LogP contribution in [0.3, 0.4) is 0 Å². The van der Waals surface area contributed by atoms with Gasteiger partial charge in [-0.25, -0.2) is 0 Å². The van der Waals surface area contributed by atoms with Gasteiger partial charge in [0.15, 0.2) is 0 Å². The van der Waals surface area contributed by atoms with Crippen molar-refractivity contribution in [2.75, 3.05) is 13.1 Å². The zero-order valence-electron chi connectivity index (χ0n) is 12.5. The number of nitrogens with two attached hydrogens (primary N) is 1. The predicted octanol–water partition coefficient (Wildman–Crippen LogP) is 3.71. The van der Waals surface area contributed by atoms with Crippen LogP contribution in [0.1, 0.15) is 23.3 Å². The number of nitrogens with zero attached hydrogens (tertiary/aromatic N) is 1. The Morgan fingerprint density at radius 2 is 1.95 bits per heavy atom. The largest absolute Gasteiger partial charge is 0.338 e. The molecule has 0 spiro atoms. The summed E-state index contributed by atoms with van der Waals surface area (Å²) in [6, 6.07) is 13.9. The van der Waals surface area contributed by atoms with E-state index in [1.54, 1.807) is 0 Å². The lowest BCUT2D eigenvalue weighted by Gasteiger charge is -2.22. The Hall–Kier alpha value is -1.36. The van der Waals surface area contributed by atoms with Gasteiger partial charge < -0.3 is 10.6 Å². The second-order valence-electron chi connectivity index (χ2n) is 5.15. The maximum atomic E-state index is 12.5. The SMILES string of the molecule is NCCCN(Cc1ccccc1)C(=O)CCc1ccc(Cl)s1. The number of aryl methyl sites for hydroxylation is 1. The van der Waals surface area contributed by atoms with Gasteiger partial charge in [-0.3, -0.25) is 4.79 Å². The number of carbonyl (C=O) groups excluding carboxylic acids is 1. The minimum atomic E-state index is 0.168. The van der Waals surface area contributed by atoms with E-state index in [2.05, 4.69) is 0 Å². The van der Waals surface area contributed by atoms with Crippen molar-refractivity contribution >= 4 is 28.8 Å². The Kier molecular flexibility index (Phi) is 6.90. The van der Waals surface area contributed by atoms with Crippen LogP contribution < -0.4 is 5.73 Å². The summed E-state index contributed by atoms with van der Waals surface area (Å²) in [6.07, 6.45) is 2.07. The van der Waals surface area contributed by atoms with E-state index >= 15 is 0 Å². The van der Waals surface area contributed by atoms with Crippen molar-refractivity contribution in [2.45, 2.75) is 25.8 Å². The average molecular weight is 337 g/mol. The first kappa shape index (κ1) is 17.0. The predicted molar refractivity (Wildman–Crippen MR) is 93.2 cm³/mol. The van der Waals surface area contributed by atoms with Crippen molar-refractivity contribution in [1.29, 1.82) is 0 Å². The Morgan fingerprint density at radius 3 is 2.59 bits per heavy atom. The van der Waals surface area contributed by atoms with Gasteiger partial charge in [0, 0.05) is 24.4 Å². The summed E-state index contributed by atoms with van der Waals surface area (Å²) in [5.41, 5.74) is 6.73. The number of halogens is 1. The number of amides is 1. The van der Waals surface area contributed by atoms with E-state index in [0.29, 0.717) is 26.1 Å². The molecule has 0 aliphatic heterocycles. The standard InChI is InChI=1S/C17H21ClN2OS/c18-16-9-7-15(22-16)8-10-17(21)20(12-4-11-19)13-14-5-2-1-3-6-14/h1-3,5-7,9H,4,8,10-13,19H2. The zero-order chi connectivity index (χ0) is 15.8. The molecule has 1 heterocycles. The Labute approximate surface area is 140 Å². The molecule has 2 aromatic rings. The molecule has 2 N–H and O–H groups in total. The van der Waals surface area contributed by atoms with Gasteiger partial charge in [0.05, 0.1) is 4.34 Å². The molecule has 1 amide bonds. The van der Waals surface area contributed by atoms with Crippen LogP contribution in [0.15, 0.2) is 42.5 Å². The van der Waals surface area contributed by atoms with E-state index in [4.69, 9.17) is 17.3 Å². The molecule has 0 unspecified atom stereocenters. The summed E-state index contributed by atoms with van der Waals surface area (Å²) in [5, 5.41) is 0. The molecule has 0 fully saturated rings. The molecular formula is C17H21ClN2OS. The molecular weight excluding hydrogens is 316 g/mol. The van der Waals surface area contributed by atoms with E-state index in [-0.39, 0.29) is 5.91 Å². The number of rotatable bonds is 8. The summed E-state index contributed by atoms with van der Waals surface area (Å²) in [5.74, 6) is 0.168. The highest BCUT2D eigenvalue weighted by atomic mass is 35.5. The first-order valence-electron chi connectivity index (χ1n) is 7.45. The summed E-state index contributed by atoms with van der Waals surface area (Å²) >= 11 is 7.46. The maximum absolute atomic E-state index is 12.5. The third kappa shape index (κ3) is 5.44. The highest BCUT2D eigenvalue weighted by molar-refractivity contribution is 7.16. The first-order valence-corrected chi connectivity index (χ1v) is 8.64. The average Bonchev–Trinajstić information content (AvgIpc) is 2.95. The molecule has 0 radical (unpaired) electrons. The molecule has 22 heavy (non-hydrogen) atoms. The fourth-order valence-corrected chi connectivity index (χ4v) is 3.34. The lowest BCUT2D eigenvalue weighted by atomic mass is 10.2. The number of benzene rings is 1. The molecule has 1 aromatic heterocycles. The van der Waals surface area contributed by atoms with Crippen LogP contribution in [0.4, 0.5) is 0 Å². The monoisotopic (exact) mass is 336 g/mol. The summed E-state index contributed by atoms with van der Waals surface area (Å²) in [6.45, 7) is 1.94. The van der Waals surface area contributed by atoms with Gasteiger partial charge in [-0.1, -0.05) is 41.9 Å². The molecule has 0 saturated heterocycles. The summed E-state index contributed by atoms with van der Waals surface area (Å²) in [4.78, 5) is 15.5. The van der Waals surface area contributed by atoms with Gasteiger partial charge in [-0.15, -0.1) is 11.3 Å². The molecule has 0 saturated carbocycles. The highest BCUT2D eigenvalue weighted by Crippen LogP contribution is 2.22. The molecule has 0 bridgehead atoms. The van der Waals surface area contributed by atoms with Crippen LogP contribution in [0, 0.1) is 0 Å². The van der Waals surface area contributed by atoms with Gasteiger partial charge in [0.25, 0.3) is 0 Å². The van der Waals surface area contributed by atoms with Crippen LogP contribution in [0.25, 0.3) is 0 Å². The molecule has 0 aliphatic carbocycles. The lowest BCUT2D eigenvalue weighted by Crippen LogP contribution is -2.32. The van der Waals surface area contributed by atoms with E-state index in [1.165, 1.54) is 11.3 Å². The number of carbonyl (C=O) groups is 1. The van der Waals surface area contributed by atoms with Crippen molar-refractivity contribution in [3.8, 4) is 0 Å². The molecule has 3 nitrogen and oxygen atoms in total. The van der Waals surface area contributed by atoms with Crippen LogP contribution in [0.5, 0.6) is 0 Å². The van der Waals surface area contributed by atoms with E-state index in [0.717, 1.165) is 27.6 Å². The van der Waals surface area contributed by atoms with Gasteiger partial charge in [0.1, 0.15) is 0 Å². The van der Waals surface area contributed by atoms with Crippen LogP contribution in [-0.4, -0.2) is 23.9 Å². The molecule has 0 atom stereocenters. The Morgan fingerprint density at radius 1 is 1.18 bits per heavy atom. The third-order valence-electron chi connectivity index (χ3n) is 3.42. The quantitative estimate of drug-likeness (QED) is 0.798. The Balaban J connectivity index is 1.93. The minimum Gasteiger partial charge on any atom is -0.338 e. The minimum absolute atomic E-state index is 0.168. The maximum Gasteiger partial charge on any atom is 0.223 e. The number of thiophene rings is 1. The third-order valence-corrected chi connectivity index (χ3v) is 4.71. The lowest BCUT2D eigenvalue weighted by molar-refractivity contribution is -0.131. The second kappa shape index (κ2) is 8.93. The van der Waals surface area contributed by atoms with Crippen molar-refractivity contribution in [3.05, 3.63) is 57.2 Å². The fourth-order valence-electron chi connectivity index (χ4n) is 2.25. The summed E-state index contributed by atoms with van der Waals surface area (Å²) < 4.78 is 0.770. The van der Waals surface area contributed by atoms with Gasteiger partial charge in [-0.05, 0) is 37.1 Å². The highest BCUT2D eigenvalue weighted by Gasteiger charge is 2.14. The van der Waals surface area contributed by atoms with Gasteiger partial charge >= 0.3 is 0 Å². The van der Waals surface area contributed by atoms with Crippen molar-refractivity contribution in [1.82, 2.24) is 4.90 Å². The fraction of sp³-hybridized carbons (Fsp3) is 0.353. The molecule has 2 rings (SSSR count). The molecule has 5 heteroatoms. The Bertz CT molecular complexity index is 585. The molecule has 0 aliphatic rings. The number of hydrogen-bond donors (Lipinski definition) is 1. The van der Waals surface area contributed by atoms with Crippen molar-refractivity contribution in [3.63, 3.8) is 0 Å². The van der Waals surface area contributed by atoms with E-state index < -0.39 is 0 Å².